The Hall–Kier alpha value is -2.44. The minimum Gasteiger partial charge on any atom is -0.506 e. The van der Waals surface area contributed by atoms with Crippen molar-refractivity contribution in [2.24, 2.45) is 0 Å². The molecule has 0 unspecified atom stereocenters. The number of aryl methyl sites for hydroxylation is 1. The monoisotopic (exact) mass is 247 g/mol. The highest BCUT2D eigenvalue weighted by Crippen LogP contribution is 2.11. The average Bonchev–Trinajstić information content (AvgIpc) is 2.73. The second-order valence-corrected chi connectivity index (χ2v) is 3.93. The summed E-state index contributed by atoms with van der Waals surface area (Å²) in [5.41, 5.74) is 0.324. The van der Waals surface area contributed by atoms with Crippen molar-refractivity contribution in [1.29, 1.82) is 0 Å². The van der Waals surface area contributed by atoms with E-state index in [1.54, 1.807) is 14.0 Å². The van der Waals surface area contributed by atoms with Crippen LogP contribution in [0, 0.1) is 6.92 Å². The van der Waals surface area contributed by atoms with Gasteiger partial charge in [0.15, 0.2) is 5.82 Å². The average molecular weight is 247 g/mol. The Morgan fingerprint density at radius 2 is 2.28 bits per heavy atom. The number of nitrogens with one attached hydrogen (secondary N) is 1. The third-order valence-corrected chi connectivity index (χ3v) is 2.34. The van der Waals surface area contributed by atoms with Gasteiger partial charge in [0.05, 0.1) is 18.3 Å². The van der Waals surface area contributed by atoms with Crippen molar-refractivity contribution >= 4 is 5.91 Å². The summed E-state index contributed by atoms with van der Waals surface area (Å²) in [7, 11) is 1.64. The molecule has 0 aromatic carbocycles. The van der Waals surface area contributed by atoms with Crippen LogP contribution in [0.1, 0.15) is 22.0 Å². The summed E-state index contributed by atoms with van der Waals surface area (Å²) < 4.78 is 0. The molecule has 0 aliphatic heterocycles. The van der Waals surface area contributed by atoms with Gasteiger partial charge in [-0.2, -0.15) is 5.10 Å². The van der Waals surface area contributed by atoms with E-state index in [1.165, 1.54) is 23.4 Å². The Labute approximate surface area is 104 Å². The number of amides is 1. The number of aromatic amines is 1. The van der Waals surface area contributed by atoms with Crippen LogP contribution < -0.4 is 0 Å². The predicted molar refractivity (Wildman–Crippen MR) is 62.8 cm³/mol. The van der Waals surface area contributed by atoms with Gasteiger partial charge in [-0.3, -0.25) is 14.9 Å². The summed E-state index contributed by atoms with van der Waals surface area (Å²) in [5, 5.41) is 15.9. The quantitative estimate of drug-likeness (QED) is 0.822. The fourth-order valence-electron chi connectivity index (χ4n) is 1.51. The molecule has 0 saturated heterocycles. The van der Waals surface area contributed by atoms with Crippen molar-refractivity contribution in [2.75, 3.05) is 7.05 Å². The fraction of sp³-hybridized carbons (Fsp3) is 0.273. The number of hydrogen-bond acceptors (Lipinski definition) is 5. The molecule has 2 N–H and O–H groups in total. The van der Waals surface area contributed by atoms with Gasteiger partial charge < -0.3 is 10.0 Å². The van der Waals surface area contributed by atoms with Gasteiger partial charge in [-0.25, -0.2) is 4.98 Å². The van der Waals surface area contributed by atoms with Crippen LogP contribution in [0.5, 0.6) is 5.75 Å². The number of pyridine rings is 1. The van der Waals surface area contributed by atoms with Crippen LogP contribution in [0.2, 0.25) is 0 Å². The van der Waals surface area contributed by atoms with Gasteiger partial charge in [-0.1, -0.05) is 0 Å². The van der Waals surface area contributed by atoms with E-state index in [9.17, 15) is 9.90 Å². The number of rotatable bonds is 3. The van der Waals surface area contributed by atoms with E-state index in [2.05, 4.69) is 20.2 Å². The smallest absolute Gasteiger partial charge is 0.255 e. The molecule has 94 valence electrons. The molecule has 0 fully saturated rings. The van der Waals surface area contributed by atoms with Crippen LogP contribution in [0.4, 0.5) is 0 Å². The van der Waals surface area contributed by atoms with Gasteiger partial charge >= 0.3 is 0 Å². The van der Waals surface area contributed by atoms with Gasteiger partial charge in [0.25, 0.3) is 5.91 Å². The van der Waals surface area contributed by atoms with E-state index in [-0.39, 0.29) is 11.7 Å². The molecule has 1 amide bonds. The Morgan fingerprint density at radius 3 is 2.89 bits per heavy atom. The molecule has 2 aromatic rings. The summed E-state index contributed by atoms with van der Waals surface area (Å²) in [4.78, 5) is 21.4. The van der Waals surface area contributed by atoms with Crippen LogP contribution in [-0.2, 0) is 6.54 Å². The summed E-state index contributed by atoms with van der Waals surface area (Å²) in [5.74, 6) is 0.949. The number of carbonyl (C=O) groups is 1. The van der Waals surface area contributed by atoms with E-state index < -0.39 is 0 Å². The molecule has 2 heterocycles. The number of H-pyrrole nitrogens is 1. The Bertz CT molecular complexity index is 566. The van der Waals surface area contributed by atoms with Gasteiger partial charge in [0.1, 0.15) is 11.6 Å². The minimum absolute atomic E-state index is 0.0389. The number of hydrogen-bond donors (Lipinski definition) is 2. The highest BCUT2D eigenvalue weighted by Gasteiger charge is 2.14. The maximum Gasteiger partial charge on any atom is 0.255 e. The predicted octanol–water partition coefficient (Wildman–Crippen LogP) is 0.486. The lowest BCUT2D eigenvalue weighted by Crippen LogP contribution is -2.26. The molecule has 2 aromatic heterocycles. The van der Waals surface area contributed by atoms with Crippen molar-refractivity contribution < 1.29 is 9.90 Å². The van der Waals surface area contributed by atoms with Gasteiger partial charge in [0.2, 0.25) is 0 Å². The topological polar surface area (TPSA) is 95.0 Å². The number of carbonyl (C=O) groups excluding carboxylic acids is 1. The lowest BCUT2D eigenvalue weighted by molar-refractivity contribution is 0.0781. The molecular weight excluding hydrogens is 234 g/mol. The van der Waals surface area contributed by atoms with E-state index in [0.29, 0.717) is 23.8 Å². The lowest BCUT2D eigenvalue weighted by Gasteiger charge is -2.14. The largest absolute Gasteiger partial charge is 0.506 e. The van der Waals surface area contributed by atoms with Crippen molar-refractivity contribution in [3.05, 3.63) is 35.7 Å². The zero-order valence-electron chi connectivity index (χ0n) is 10.1. The second kappa shape index (κ2) is 4.82. The number of nitrogens with zero attached hydrogens (tertiary/aromatic N) is 4. The molecule has 18 heavy (non-hydrogen) atoms. The van der Waals surface area contributed by atoms with E-state index >= 15 is 0 Å². The third kappa shape index (κ3) is 2.62. The first kappa shape index (κ1) is 12.0. The zero-order valence-corrected chi connectivity index (χ0v) is 10.1. The first-order valence-corrected chi connectivity index (χ1v) is 5.33. The second-order valence-electron chi connectivity index (χ2n) is 3.93. The van der Waals surface area contributed by atoms with Crippen LogP contribution in [0.3, 0.4) is 0 Å². The molecule has 0 aliphatic carbocycles. The van der Waals surface area contributed by atoms with Crippen LogP contribution in [0.25, 0.3) is 0 Å². The van der Waals surface area contributed by atoms with Crippen molar-refractivity contribution in [2.45, 2.75) is 13.5 Å². The Morgan fingerprint density at radius 1 is 1.50 bits per heavy atom. The summed E-state index contributed by atoms with van der Waals surface area (Å²) in [6.45, 7) is 2.08. The van der Waals surface area contributed by atoms with Crippen LogP contribution in [0.15, 0.2) is 18.5 Å². The molecule has 0 aliphatic rings. The van der Waals surface area contributed by atoms with E-state index in [4.69, 9.17) is 0 Å². The molecule has 0 bridgehead atoms. The van der Waals surface area contributed by atoms with Gasteiger partial charge in [-0.15, -0.1) is 0 Å². The Kier molecular flexibility index (Phi) is 3.22. The van der Waals surface area contributed by atoms with Crippen LogP contribution in [-0.4, -0.2) is 43.1 Å². The molecule has 7 heteroatoms. The first-order valence-electron chi connectivity index (χ1n) is 5.33. The normalized spacial score (nSPS) is 10.3. The van der Waals surface area contributed by atoms with E-state index in [0.717, 1.165) is 0 Å². The van der Waals surface area contributed by atoms with Crippen molar-refractivity contribution in [1.82, 2.24) is 25.1 Å². The van der Waals surface area contributed by atoms with Gasteiger partial charge in [0, 0.05) is 13.2 Å². The first-order chi connectivity index (χ1) is 8.56. The zero-order chi connectivity index (χ0) is 13.1. The van der Waals surface area contributed by atoms with Crippen molar-refractivity contribution in [3.63, 3.8) is 0 Å². The maximum atomic E-state index is 12.0. The lowest BCUT2D eigenvalue weighted by atomic mass is 10.2. The standard InChI is InChI=1S/C11H13N5O2/c1-7-13-10(15-14-7)6-16(2)11(18)8-3-9(17)5-12-4-8/h3-5,17H,6H2,1-2H3,(H,13,14,15). The number of aromatic nitrogens is 4. The minimum atomic E-state index is -0.249. The molecule has 0 spiro atoms. The van der Waals surface area contributed by atoms with Crippen LogP contribution >= 0.6 is 0 Å². The highest BCUT2D eigenvalue weighted by molar-refractivity contribution is 5.94. The van der Waals surface area contributed by atoms with E-state index in [1.807, 2.05) is 0 Å². The Balaban J connectivity index is 2.09. The fourth-order valence-corrected chi connectivity index (χ4v) is 1.51. The molecule has 0 atom stereocenters. The molecule has 7 nitrogen and oxygen atoms in total. The molecule has 0 saturated carbocycles. The molecule has 2 rings (SSSR count). The molecular formula is C11H13N5O2. The van der Waals surface area contributed by atoms with Gasteiger partial charge in [-0.05, 0) is 13.0 Å². The highest BCUT2D eigenvalue weighted by atomic mass is 16.3. The van der Waals surface area contributed by atoms with Crippen molar-refractivity contribution in [3.8, 4) is 5.75 Å². The third-order valence-electron chi connectivity index (χ3n) is 2.34. The molecule has 0 radical (unpaired) electrons. The number of aromatic hydroxyl groups is 1. The maximum absolute atomic E-state index is 12.0. The summed E-state index contributed by atoms with van der Waals surface area (Å²) in [6, 6.07) is 1.37. The summed E-state index contributed by atoms with van der Waals surface area (Å²) in [6.07, 6.45) is 2.68. The summed E-state index contributed by atoms with van der Waals surface area (Å²) >= 11 is 0. The SMILES string of the molecule is Cc1nc(CN(C)C(=O)c2cncc(O)c2)n[nH]1.